The van der Waals surface area contributed by atoms with Crippen molar-refractivity contribution in [3.63, 3.8) is 0 Å². The lowest BCUT2D eigenvalue weighted by Gasteiger charge is -2.23. The van der Waals surface area contributed by atoms with Gasteiger partial charge in [0, 0.05) is 31.0 Å². The summed E-state index contributed by atoms with van der Waals surface area (Å²) in [7, 11) is 3.83. The van der Waals surface area contributed by atoms with E-state index in [1.165, 1.54) is 0 Å². The van der Waals surface area contributed by atoms with Crippen LogP contribution < -0.4 is 5.32 Å². The fourth-order valence-corrected chi connectivity index (χ4v) is 3.13. The summed E-state index contributed by atoms with van der Waals surface area (Å²) in [4.78, 5) is 14.0. The quantitative estimate of drug-likeness (QED) is 0.623. The second-order valence-electron chi connectivity index (χ2n) is 5.40. The second-order valence-corrected chi connectivity index (χ2v) is 6.35. The summed E-state index contributed by atoms with van der Waals surface area (Å²) < 4.78 is 0. The van der Waals surface area contributed by atoms with E-state index < -0.39 is 0 Å². The van der Waals surface area contributed by atoms with Gasteiger partial charge in [0.05, 0.1) is 11.9 Å². The first-order valence-electron chi connectivity index (χ1n) is 7.27. The molecule has 1 aromatic carbocycles. The summed E-state index contributed by atoms with van der Waals surface area (Å²) in [6.07, 6.45) is 6.79. The Bertz CT molecular complexity index is 740. The van der Waals surface area contributed by atoms with Crippen LogP contribution in [0.1, 0.15) is 22.9 Å². The summed E-state index contributed by atoms with van der Waals surface area (Å²) in [5.74, 6) is 3.43. The van der Waals surface area contributed by atoms with Crippen LogP contribution in [0.3, 0.4) is 0 Å². The molecule has 0 aliphatic rings. The Morgan fingerprint density at radius 2 is 2.22 bits per heavy atom. The maximum Gasteiger partial charge on any atom is 0.122 e. The number of benzene rings is 1. The number of hydrogen-bond acceptors (Lipinski definition) is 4. The minimum atomic E-state index is -0.0723. The zero-order valence-corrected chi connectivity index (χ0v) is 14.2. The number of rotatable bonds is 7. The van der Waals surface area contributed by atoms with Crippen molar-refractivity contribution < 1.29 is 4.79 Å². The van der Waals surface area contributed by atoms with E-state index >= 15 is 0 Å². The standard InChI is InChI=1S/C19H20N2OS/c1-5-15-7-6-8-16(11-15)17-12-19(23-13-17)18(9-10-22)20-14(2)21(3)4/h1,6-8,10-13,18,20H,2,9H2,3-4H3. The fraction of sp³-hybridized carbons (Fsp3) is 0.211. The molecule has 1 aromatic heterocycles. The van der Waals surface area contributed by atoms with E-state index in [0.717, 1.165) is 33.7 Å². The smallest absolute Gasteiger partial charge is 0.122 e. The van der Waals surface area contributed by atoms with E-state index in [-0.39, 0.29) is 6.04 Å². The zero-order valence-electron chi connectivity index (χ0n) is 13.4. The molecule has 118 valence electrons. The highest BCUT2D eigenvalue weighted by atomic mass is 32.1. The molecule has 1 heterocycles. The topological polar surface area (TPSA) is 32.3 Å². The Balaban J connectivity index is 2.25. The molecular formula is C19H20N2OS. The molecule has 2 rings (SSSR count). The first kappa shape index (κ1) is 16.9. The van der Waals surface area contributed by atoms with Crippen molar-refractivity contribution >= 4 is 17.6 Å². The molecule has 0 bridgehead atoms. The van der Waals surface area contributed by atoms with Gasteiger partial charge in [0.1, 0.15) is 6.29 Å². The number of carbonyl (C=O) groups is 1. The summed E-state index contributed by atoms with van der Waals surface area (Å²) >= 11 is 1.63. The Kier molecular flexibility index (Phi) is 5.61. The van der Waals surface area contributed by atoms with Gasteiger partial charge in [0.25, 0.3) is 0 Å². The molecule has 1 N–H and O–H groups in total. The Morgan fingerprint density at radius 3 is 2.87 bits per heavy atom. The predicted molar refractivity (Wildman–Crippen MR) is 97.1 cm³/mol. The van der Waals surface area contributed by atoms with Gasteiger partial charge in [0.15, 0.2) is 0 Å². The average molecular weight is 324 g/mol. The average Bonchev–Trinajstić information content (AvgIpc) is 3.04. The third-order valence-corrected chi connectivity index (χ3v) is 4.58. The predicted octanol–water partition coefficient (Wildman–Crippen LogP) is 3.65. The van der Waals surface area contributed by atoms with Gasteiger partial charge in [-0.05, 0) is 34.7 Å². The highest BCUT2D eigenvalue weighted by Gasteiger charge is 2.15. The van der Waals surface area contributed by atoms with Gasteiger partial charge in [-0.1, -0.05) is 24.6 Å². The molecule has 0 saturated carbocycles. The minimum Gasteiger partial charge on any atom is -0.365 e. The highest BCUT2D eigenvalue weighted by molar-refractivity contribution is 7.10. The lowest BCUT2D eigenvalue weighted by atomic mass is 10.0. The van der Waals surface area contributed by atoms with Crippen LogP contribution in [0.15, 0.2) is 48.1 Å². The third-order valence-electron chi connectivity index (χ3n) is 3.54. The number of aldehydes is 1. The molecule has 0 fully saturated rings. The van der Waals surface area contributed by atoms with Crippen molar-refractivity contribution in [2.45, 2.75) is 12.5 Å². The number of carbonyl (C=O) groups excluding carboxylic acids is 1. The summed E-state index contributed by atoms with van der Waals surface area (Å²) in [6, 6.07) is 9.92. The first-order valence-corrected chi connectivity index (χ1v) is 8.15. The van der Waals surface area contributed by atoms with Gasteiger partial charge in [0.2, 0.25) is 0 Å². The summed E-state index contributed by atoms with van der Waals surface area (Å²) in [5, 5.41) is 5.39. The molecule has 0 aliphatic heterocycles. The van der Waals surface area contributed by atoms with E-state index in [1.807, 2.05) is 43.3 Å². The molecule has 1 unspecified atom stereocenters. The van der Waals surface area contributed by atoms with Gasteiger partial charge in [-0.3, -0.25) is 0 Å². The second kappa shape index (κ2) is 7.66. The van der Waals surface area contributed by atoms with Crippen molar-refractivity contribution in [2.24, 2.45) is 0 Å². The van der Waals surface area contributed by atoms with Crippen molar-refractivity contribution in [3.8, 4) is 23.5 Å². The van der Waals surface area contributed by atoms with Crippen LogP contribution in [0.25, 0.3) is 11.1 Å². The van der Waals surface area contributed by atoms with Gasteiger partial charge in [-0.15, -0.1) is 17.8 Å². The van der Waals surface area contributed by atoms with Crippen molar-refractivity contribution in [2.75, 3.05) is 14.1 Å². The maximum absolute atomic E-state index is 11.0. The lowest BCUT2D eigenvalue weighted by molar-refractivity contribution is -0.108. The molecule has 0 amide bonds. The Hall–Kier alpha value is -2.51. The Labute approximate surface area is 141 Å². The van der Waals surface area contributed by atoms with Gasteiger partial charge in [-0.25, -0.2) is 0 Å². The molecule has 3 nitrogen and oxygen atoms in total. The molecule has 0 saturated heterocycles. The molecule has 0 spiro atoms. The van der Waals surface area contributed by atoms with Crippen molar-refractivity contribution in [1.82, 2.24) is 10.2 Å². The molecule has 4 heteroatoms. The Morgan fingerprint density at radius 1 is 1.43 bits per heavy atom. The number of nitrogens with one attached hydrogen (secondary N) is 1. The number of hydrogen-bond donors (Lipinski definition) is 1. The van der Waals surface area contributed by atoms with Crippen LogP contribution in [-0.4, -0.2) is 25.3 Å². The minimum absolute atomic E-state index is 0.0723. The molecule has 0 radical (unpaired) electrons. The normalized spacial score (nSPS) is 11.3. The van der Waals surface area contributed by atoms with Crippen molar-refractivity contribution in [3.05, 3.63) is 58.6 Å². The van der Waals surface area contributed by atoms with E-state index in [9.17, 15) is 4.79 Å². The molecule has 2 aromatic rings. The van der Waals surface area contributed by atoms with E-state index in [2.05, 4.69) is 29.3 Å². The summed E-state index contributed by atoms with van der Waals surface area (Å²) in [6.45, 7) is 3.97. The summed E-state index contributed by atoms with van der Waals surface area (Å²) in [5.41, 5.74) is 3.05. The zero-order chi connectivity index (χ0) is 16.8. The van der Waals surface area contributed by atoms with E-state index in [1.54, 1.807) is 11.3 Å². The van der Waals surface area contributed by atoms with Crippen LogP contribution in [0.2, 0.25) is 0 Å². The molecular weight excluding hydrogens is 304 g/mol. The number of nitrogens with zero attached hydrogens (tertiary/aromatic N) is 1. The van der Waals surface area contributed by atoms with Gasteiger partial charge in [-0.2, -0.15) is 0 Å². The highest BCUT2D eigenvalue weighted by Crippen LogP contribution is 2.31. The SMILES string of the molecule is C#Cc1cccc(-c2csc(C(CC=O)NC(=C)N(C)C)c2)c1. The number of terminal acetylenes is 1. The van der Waals surface area contributed by atoms with Crippen LogP contribution >= 0.6 is 11.3 Å². The van der Waals surface area contributed by atoms with E-state index in [0.29, 0.717) is 6.42 Å². The monoisotopic (exact) mass is 324 g/mol. The molecule has 1 atom stereocenters. The van der Waals surface area contributed by atoms with E-state index in [4.69, 9.17) is 6.42 Å². The molecule has 0 aliphatic carbocycles. The number of thiophene rings is 1. The van der Waals surface area contributed by atoms with Gasteiger partial charge >= 0.3 is 0 Å². The van der Waals surface area contributed by atoms with Crippen LogP contribution in [0.5, 0.6) is 0 Å². The largest absolute Gasteiger partial charge is 0.365 e. The maximum atomic E-state index is 11.0. The van der Waals surface area contributed by atoms with Crippen molar-refractivity contribution in [1.29, 1.82) is 0 Å². The third kappa shape index (κ3) is 4.24. The molecule has 23 heavy (non-hydrogen) atoms. The van der Waals surface area contributed by atoms with Crippen LogP contribution in [0.4, 0.5) is 0 Å². The van der Waals surface area contributed by atoms with Crippen LogP contribution in [0, 0.1) is 12.3 Å². The van der Waals surface area contributed by atoms with Crippen LogP contribution in [-0.2, 0) is 4.79 Å². The lowest BCUT2D eigenvalue weighted by Crippen LogP contribution is -2.28. The first-order chi connectivity index (χ1) is 11.0. The van der Waals surface area contributed by atoms with Gasteiger partial charge < -0.3 is 15.0 Å². The fourth-order valence-electron chi connectivity index (χ4n) is 2.15.